The highest BCUT2D eigenvalue weighted by Gasteiger charge is 2.29. The van der Waals surface area contributed by atoms with Gasteiger partial charge >= 0.3 is 0 Å². The van der Waals surface area contributed by atoms with Gasteiger partial charge in [0.15, 0.2) is 5.12 Å². The van der Waals surface area contributed by atoms with Gasteiger partial charge in [-0.3, -0.25) is 9.59 Å². The van der Waals surface area contributed by atoms with Crippen LogP contribution in [-0.2, 0) is 35.0 Å². The van der Waals surface area contributed by atoms with E-state index in [9.17, 15) is 9.59 Å². The molecule has 3 N–H and O–H groups in total. The molecule has 0 atom stereocenters. The molecule has 3 aromatic rings. The Bertz CT molecular complexity index is 1480. The number of hydrogen-bond acceptors (Lipinski definition) is 11. The molecule has 3 heterocycles. The second-order valence-electron chi connectivity index (χ2n) is 12.8. The van der Waals surface area contributed by atoms with Crippen molar-refractivity contribution in [2.75, 3.05) is 123 Å². The highest BCUT2D eigenvalue weighted by atomic mass is 32.2. The first kappa shape index (κ1) is 38.8. The molecule has 1 saturated heterocycles. The highest BCUT2D eigenvalue weighted by molar-refractivity contribution is 8.13. The van der Waals surface area contributed by atoms with Gasteiger partial charge in [0, 0.05) is 44.1 Å². The van der Waals surface area contributed by atoms with Gasteiger partial charge in [-0.25, -0.2) is 9.97 Å². The summed E-state index contributed by atoms with van der Waals surface area (Å²) >= 11 is 1.20. The maximum atomic E-state index is 12.9. The number of ether oxygens (including phenoxy) is 4. The Morgan fingerprint density at radius 3 is 2.43 bits per heavy atom. The SMILES string of the molecule is CCCCc1nc2c([nH]1)c(N)nc1ccc(N3CC[N+](C)(CCOCCN(CCOCCC(=O)SC)C(=O)CCOCCOC)CC3)cc12. The molecule has 1 aromatic carbocycles. The number of fused-ring (bicyclic) bond motifs is 3. The molecular formula is C35H56N7O6S+. The van der Waals surface area contributed by atoms with Crippen LogP contribution in [0.2, 0.25) is 0 Å². The summed E-state index contributed by atoms with van der Waals surface area (Å²) in [5, 5.41) is 1.12. The fraction of sp³-hybridized carbons (Fsp3) is 0.657. The molecule has 14 heteroatoms. The number of methoxy groups -OCH3 is 1. The van der Waals surface area contributed by atoms with Gasteiger partial charge in [0.2, 0.25) is 5.91 Å². The summed E-state index contributed by atoms with van der Waals surface area (Å²) in [5.41, 5.74) is 10.1. The zero-order valence-corrected chi connectivity index (χ0v) is 30.7. The Balaban J connectivity index is 1.24. The lowest BCUT2D eigenvalue weighted by atomic mass is 10.1. The van der Waals surface area contributed by atoms with Crippen LogP contribution in [0.5, 0.6) is 0 Å². The van der Waals surface area contributed by atoms with Crippen molar-refractivity contribution in [3.05, 3.63) is 24.0 Å². The lowest BCUT2D eigenvalue weighted by Gasteiger charge is -2.42. The van der Waals surface area contributed by atoms with Crippen molar-refractivity contribution in [1.29, 1.82) is 0 Å². The summed E-state index contributed by atoms with van der Waals surface area (Å²) in [6.45, 7) is 11.0. The standard InChI is InChI=1S/C35H56N7O6S/c1-5-6-7-30-38-33-28-26-27(8-9-29(28)37-35(36)34(33)39-30)40-12-16-42(2,17-13-40)18-23-48-22-15-41(14-21-46-20-11-32(44)49-4)31(43)10-19-47-25-24-45-3/h8-9,26H,5-7,10-25H2,1-4H3,(H2,36,37)(H,38,39)/q+1. The number of benzene rings is 1. The second-order valence-corrected chi connectivity index (χ2v) is 13.6. The van der Waals surface area contributed by atoms with Gasteiger partial charge in [-0.15, -0.1) is 0 Å². The monoisotopic (exact) mass is 702 g/mol. The van der Waals surface area contributed by atoms with E-state index >= 15 is 0 Å². The number of amides is 1. The molecule has 0 spiro atoms. The number of imidazole rings is 1. The van der Waals surface area contributed by atoms with E-state index in [1.807, 2.05) is 0 Å². The number of piperazine rings is 1. The number of hydrogen-bond donors (Lipinski definition) is 2. The summed E-state index contributed by atoms with van der Waals surface area (Å²) in [5.74, 6) is 1.45. The van der Waals surface area contributed by atoms with Gasteiger partial charge < -0.3 is 43.9 Å². The second kappa shape index (κ2) is 20.0. The van der Waals surface area contributed by atoms with Crippen LogP contribution in [0.25, 0.3) is 21.9 Å². The van der Waals surface area contributed by atoms with E-state index in [-0.39, 0.29) is 17.4 Å². The van der Waals surface area contributed by atoms with Crippen LogP contribution in [0.3, 0.4) is 0 Å². The normalized spacial score (nSPS) is 14.6. The topological polar surface area (TPSA) is 145 Å². The number of nitrogens with two attached hydrogens (primary N) is 1. The van der Waals surface area contributed by atoms with Crippen LogP contribution < -0.4 is 10.6 Å². The minimum absolute atomic E-state index is 0.00202. The number of nitrogens with zero attached hydrogens (tertiary/aromatic N) is 5. The fourth-order valence-electron chi connectivity index (χ4n) is 5.91. The Morgan fingerprint density at radius 1 is 1.00 bits per heavy atom. The number of aryl methyl sites for hydroxylation is 1. The van der Waals surface area contributed by atoms with Crippen molar-refractivity contribution in [3.63, 3.8) is 0 Å². The summed E-state index contributed by atoms with van der Waals surface area (Å²) in [4.78, 5) is 41.6. The largest absolute Gasteiger partial charge is 0.382 e. The lowest BCUT2D eigenvalue weighted by molar-refractivity contribution is -0.910. The van der Waals surface area contributed by atoms with E-state index in [2.05, 4.69) is 47.0 Å². The van der Waals surface area contributed by atoms with Crippen molar-refractivity contribution >= 4 is 56.2 Å². The zero-order chi connectivity index (χ0) is 35.1. The molecule has 1 aliphatic heterocycles. The summed E-state index contributed by atoms with van der Waals surface area (Å²) in [6, 6.07) is 6.40. The number of aromatic nitrogens is 3. The molecule has 0 aliphatic carbocycles. The highest BCUT2D eigenvalue weighted by Crippen LogP contribution is 2.30. The smallest absolute Gasteiger partial charge is 0.225 e. The Labute approximate surface area is 294 Å². The first-order valence-electron chi connectivity index (χ1n) is 17.5. The molecule has 49 heavy (non-hydrogen) atoms. The molecule has 1 aliphatic rings. The van der Waals surface area contributed by atoms with Gasteiger partial charge in [0.1, 0.15) is 29.2 Å². The quantitative estimate of drug-likeness (QED) is 0.117. The number of nitrogens with one attached hydrogen (secondary N) is 1. The molecule has 1 amide bonds. The van der Waals surface area contributed by atoms with E-state index in [0.29, 0.717) is 71.6 Å². The first-order valence-corrected chi connectivity index (χ1v) is 18.7. The molecule has 0 saturated carbocycles. The maximum Gasteiger partial charge on any atom is 0.225 e. The molecule has 4 rings (SSSR count). The molecular weight excluding hydrogens is 646 g/mol. The number of likely N-dealkylation sites (N-methyl/N-ethyl adjacent to an activating group) is 1. The predicted octanol–water partition coefficient (Wildman–Crippen LogP) is 3.50. The van der Waals surface area contributed by atoms with E-state index in [0.717, 1.165) is 84.2 Å². The fourth-order valence-corrected chi connectivity index (χ4v) is 6.20. The lowest BCUT2D eigenvalue weighted by Crippen LogP contribution is -2.58. The summed E-state index contributed by atoms with van der Waals surface area (Å²) in [7, 11) is 3.91. The molecule has 272 valence electrons. The van der Waals surface area contributed by atoms with Crippen LogP contribution in [0.15, 0.2) is 18.2 Å². The number of thioether (sulfide) groups is 1. The number of nitrogen functional groups attached to an aromatic ring is 1. The van der Waals surface area contributed by atoms with Crippen LogP contribution >= 0.6 is 11.8 Å². The van der Waals surface area contributed by atoms with Crippen molar-refractivity contribution in [3.8, 4) is 0 Å². The molecule has 1 fully saturated rings. The number of aromatic amines is 1. The number of carbonyl (C=O) groups excluding carboxylic acids is 2. The zero-order valence-electron chi connectivity index (χ0n) is 29.8. The van der Waals surface area contributed by atoms with Crippen LogP contribution in [0.4, 0.5) is 11.5 Å². The first-order chi connectivity index (χ1) is 23.8. The molecule has 0 bridgehead atoms. The average molecular weight is 703 g/mol. The number of carbonyl (C=O) groups is 2. The predicted molar refractivity (Wildman–Crippen MR) is 196 cm³/mol. The van der Waals surface area contributed by atoms with E-state index in [1.54, 1.807) is 18.3 Å². The van der Waals surface area contributed by atoms with Gasteiger partial charge in [0.05, 0.1) is 91.4 Å². The molecule has 0 radical (unpaired) electrons. The third-order valence-electron chi connectivity index (χ3n) is 9.15. The number of rotatable bonds is 22. The van der Waals surface area contributed by atoms with E-state index in [1.165, 1.54) is 17.4 Å². The van der Waals surface area contributed by atoms with Gasteiger partial charge in [-0.05, 0) is 30.9 Å². The Hall–Kier alpha value is -3.01. The molecule has 2 aromatic heterocycles. The van der Waals surface area contributed by atoms with Crippen LogP contribution in [-0.4, -0.2) is 148 Å². The van der Waals surface area contributed by atoms with Gasteiger partial charge in [-0.2, -0.15) is 0 Å². The number of quaternary nitrogens is 1. The van der Waals surface area contributed by atoms with Crippen LogP contribution in [0, 0.1) is 0 Å². The van der Waals surface area contributed by atoms with Crippen molar-refractivity contribution < 1.29 is 33.0 Å². The minimum atomic E-state index is -0.00202. The maximum absolute atomic E-state index is 12.9. The van der Waals surface area contributed by atoms with Gasteiger partial charge in [-0.1, -0.05) is 25.1 Å². The number of H-pyrrole nitrogens is 1. The van der Waals surface area contributed by atoms with Crippen molar-refractivity contribution in [1.82, 2.24) is 19.9 Å². The molecule has 13 nitrogen and oxygen atoms in total. The van der Waals surface area contributed by atoms with E-state index in [4.69, 9.17) is 29.7 Å². The van der Waals surface area contributed by atoms with E-state index < -0.39 is 0 Å². The van der Waals surface area contributed by atoms with Crippen LogP contribution in [0.1, 0.15) is 38.4 Å². The average Bonchev–Trinajstić information content (AvgIpc) is 3.55. The van der Waals surface area contributed by atoms with Crippen molar-refractivity contribution in [2.45, 2.75) is 39.0 Å². The third kappa shape index (κ3) is 11.8. The number of unbranched alkanes of at least 4 members (excludes halogenated alkanes) is 1. The number of pyridine rings is 1. The van der Waals surface area contributed by atoms with Crippen molar-refractivity contribution in [2.24, 2.45) is 0 Å². The Morgan fingerprint density at radius 2 is 1.71 bits per heavy atom. The Kier molecular flexibility index (Phi) is 15.8. The molecule has 0 unspecified atom stereocenters. The van der Waals surface area contributed by atoms with Gasteiger partial charge in [0.25, 0.3) is 0 Å². The summed E-state index contributed by atoms with van der Waals surface area (Å²) < 4.78 is 23.1. The minimum Gasteiger partial charge on any atom is -0.382 e. The summed E-state index contributed by atoms with van der Waals surface area (Å²) in [6.07, 6.45) is 5.51. The third-order valence-corrected chi connectivity index (χ3v) is 9.81. The number of anilines is 2.